The van der Waals surface area contributed by atoms with Crippen molar-refractivity contribution >= 4 is 11.9 Å². The van der Waals surface area contributed by atoms with Crippen LogP contribution in [0.15, 0.2) is 11.3 Å². The number of carbonyl (C=O) groups is 1. The number of nitrogens with one attached hydrogen (secondary N) is 2. The van der Waals surface area contributed by atoms with Gasteiger partial charge in [0.1, 0.15) is 18.7 Å². The van der Waals surface area contributed by atoms with Crippen LogP contribution in [-0.2, 0) is 17.8 Å². The Bertz CT molecular complexity index is 550. The highest BCUT2D eigenvalue weighted by Gasteiger charge is 2.20. The number of aromatic nitrogens is 3. The number of aryl methyl sites for hydroxylation is 1. The summed E-state index contributed by atoms with van der Waals surface area (Å²) in [5.74, 6) is 2.19. The predicted octanol–water partition coefficient (Wildman–Crippen LogP) is -0.128. The lowest BCUT2D eigenvalue weighted by Gasteiger charge is -2.26. The van der Waals surface area contributed by atoms with Crippen molar-refractivity contribution in [2.75, 3.05) is 27.2 Å². The molecule has 128 valence electrons. The molecule has 2 rings (SSSR count). The molecule has 0 radical (unpaired) electrons. The minimum Gasteiger partial charge on any atom is -0.356 e. The largest absolute Gasteiger partial charge is 0.356 e. The van der Waals surface area contributed by atoms with Gasteiger partial charge >= 0.3 is 0 Å². The van der Waals surface area contributed by atoms with Gasteiger partial charge in [-0.1, -0.05) is 13.8 Å². The van der Waals surface area contributed by atoms with Crippen molar-refractivity contribution in [2.45, 2.75) is 39.3 Å². The molecule has 2 N–H and O–H groups in total. The van der Waals surface area contributed by atoms with E-state index in [0.29, 0.717) is 11.9 Å². The Morgan fingerprint density at radius 3 is 3.00 bits per heavy atom. The number of likely N-dealkylation sites (N-methyl/N-ethyl adjacent to an activating group) is 1. The molecule has 1 amide bonds. The van der Waals surface area contributed by atoms with E-state index in [-0.39, 0.29) is 18.5 Å². The molecule has 1 aliphatic rings. The molecule has 1 aromatic heterocycles. The second-order valence-electron chi connectivity index (χ2n) is 6.47. The molecule has 0 fully saturated rings. The third-order valence-electron chi connectivity index (χ3n) is 3.70. The highest BCUT2D eigenvalue weighted by atomic mass is 16.2. The van der Waals surface area contributed by atoms with Gasteiger partial charge in [0.05, 0.1) is 6.54 Å². The van der Waals surface area contributed by atoms with Crippen LogP contribution in [0.1, 0.15) is 26.1 Å². The third kappa shape index (κ3) is 5.22. The molecule has 23 heavy (non-hydrogen) atoms. The molecule has 8 heteroatoms. The second-order valence-corrected chi connectivity index (χ2v) is 6.47. The Labute approximate surface area is 137 Å². The Kier molecular flexibility index (Phi) is 5.95. The normalized spacial score (nSPS) is 17.8. The van der Waals surface area contributed by atoms with Gasteiger partial charge in [-0.05, 0) is 12.3 Å². The van der Waals surface area contributed by atoms with E-state index in [1.807, 2.05) is 4.68 Å². The number of nitrogens with zero attached hydrogens (tertiary/aromatic N) is 5. The van der Waals surface area contributed by atoms with Gasteiger partial charge in [0.25, 0.3) is 0 Å². The number of rotatable bonds is 5. The Hall–Kier alpha value is -2.12. The highest BCUT2D eigenvalue weighted by molar-refractivity contribution is 5.84. The summed E-state index contributed by atoms with van der Waals surface area (Å²) in [6.45, 7) is 5.99. The van der Waals surface area contributed by atoms with E-state index in [9.17, 15) is 4.79 Å². The molecule has 1 unspecified atom stereocenters. The predicted molar refractivity (Wildman–Crippen MR) is 89.1 cm³/mol. The first-order valence-corrected chi connectivity index (χ1v) is 8.07. The number of carbonyl (C=O) groups excluding carboxylic acids is 1. The number of guanidine groups is 1. The Balaban J connectivity index is 1.96. The molecule has 0 bridgehead atoms. The molecular weight excluding hydrogens is 294 g/mol. The topological polar surface area (TPSA) is 87.4 Å². The van der Waals surface area contributed by atoms with E-state index in [4.69, 9.17) is 0 Å². The van der Waals surface area contributed by atoms with Gasteiger partial charge < -0.3 is 15.5 Å². The lowest BCUT2D eigenvalue weighted by Crippen LogP contribution is -2.48. The van der Waals surface area contributed by atoms with E-state index in [1.54, 1.807) is 25.3 Å². The molecule has 8 nitrogen and oxygen atoms in total. The molecule has 1 atom stereocenters. The van der Waals surface area contributed by atoms with Gasteiger partial charge in [-0.25, -0.2) is 14.7 Å². The molecule has 1 aliphatic heterocycles. The minimum absolute atomic E-state index is 0.0159. The lowest BCUT2D eigenvalue weighted by atomic mass is 10.1. The second kappa shape index (κ2) is 7.94. The third-order valence-corrected chi connectivity index (χ3v) is 3.70. The number of hydrogen-bond acceptors (Lipinski definition) is 4. The van der Waals surface area contributed by atoms with Gasteiger partial charge in [-0.15, -0.1) is 0 Å². The zero-order chi connectivity index (χ0) is 16.8. The maximum atomic E-state index is 11.7. The first kappa shape index (κ1) is 17.2. The molecule has 2 heterocycles. The highest BCUT2D eigenvalue weighted by Crippen LogP contribution is 2.11. The van der Waals surface area contributed by atoms with Gasteiger partial charge in [-0.2, -0.15) is 5.10 Å². The van der Waals surface area contributed by atoms with E-state index in [2.05, 4.69) is 39.6 Å². The van der Waals surface area contributed by atoms with Crippen LogP contribution in [0.5, 0.6) is 0 Å². The van der Waals surface area contributed by atoms with Gasteiger partial charge in [0.15, 0.2) is 5.96 Å². The SMILES string of the molecule is CC(C)CNC(=NCC(=O)N(C)C)NC1CCc2ncnn2C1. The molecule has 0 aromatic carbocycles. The first-order valence-electron chi connectivity index (χ1n) is 8.07. The van der Waals surface area contributed by atoms with Gasteiger partial charge in [-0.3, -0.25) is 4.79 Å². The fraction of sp³-hybridized carbons (Fsp3) is 0.733. The summed E-state index contributed by atoms with van der Waals surface area (Å²) >= 11 is 0. The maximum absolute atomic E-state index is 11.7. The van der Waals surface area contributed by atoms with Crippen LogP contribution in [0.2, 0.25) is 0 Å². The fourth-order valence-electron chi connectivity index (χ4n) is 2.29. The average Bonchev–Trinajstić information content (AvgIpc) is 2.96. The molecule has 0 aliphatic carbocycles. The standard InChI is InChI=1S/C15H27N7O/c1-11(2)7-16-15(17-8-14(23)21(3)4)20-12-5-6-13-18-10-19-22(13)9-12/h10-12H,5-9H2,1-4H3,(H2,16,17,20). The van der Waals surface area contributed by atoms with Crippen molar-refractivity contribution < 1.29 is 4.79 Å². The molecule has 0 saturated carbocycles. The molecule has 1 aromatic rings. The number of fused-ring (bicyclic) bond motifs is 1. The molecule has 0 spiro atoms. The number of hydrogen-bond donors (Lipinski definition) is 2. The average molecular weight is 321 g/mol. The van der Waals surface area contributed by atoms with E-state index in [0.717, 1.165) is 31.8 Å². The smallest absolute Gasteiger partial charge is 0.243 e. The summed E-state index contributed by atoms with van der Waals surface area (Å²) in [4.78, 5) is 21.9. The van der Waals surface area contributed by atoms with Crippen LogP contribution in [0.3, 0.4) is 0 Å². The summed E-state index contributed by atoms with van der Waals surface area (Å²) in [5.41, 5.74) is 0. The van der Waals surface area contributed by atoms with Crippen LogP contribution >= 0.6 is 0 Å². The number of amides is 1. The van der Waals surface area contributed by atoms with Gasteiger partial charge in [0.2, 0.25) is 5.91 Å². The minimum atomic E-state index is -0.0159. The van der Waals surface area contributed by atoms with E-state index >= 15 is 0 Å². The summed E-state index contributed by atoms with van der Waals surface area (Å²) in [5, 5.41) is 10.9. The number of aliphatic imine (C=N–C) groups is 1. The summed E-state index contributed by atoms with van der Waals surface area (Å²) in [6, 6.07) is 0.233. The summed E-state index contributed by atoms with van der Waals surface area (Å²) < 4.78 is 1.92. The fourth-order valence-corrected chi connectivity index (χ4v) is 2.29. The summed E-state index contributed by atoms with van der Waals surface area (Å²) in [6.07, 6.45) is 3.47. The lowest BCUT2D eigenvalue weighted by molar-refractivity contribution is -0.127. The van der Waals surface area contributed by atoms with Crippen molar-refractivity contribution in [3.05, 3.63) is 12.2 Å². The molecule has 0 saturated heterocycles. The van der Waals surface area contributed by atoms with Crippen molar-refractivity contribution in [1.29, 1.82) is 0 Å². The van der Waals surface area contributed by atoms with Crippen LogP contribution < -0.4 is 10.6 Å². The monoisotopic (exact) mass is 321 g/mol. The maximum Gasteiger partial charge on any atom is 0.243 e. The van der Waals surface area contributed by atoms with E-state index < -0.39 is 0 Å². The first-order chi connectivity index (χ1) is 11.0. The Morgan fingerprint density at radius 2 is 2.30 bits per heavy atom. The van der Waals surface area contributed by atoms with Gasteiger partial charge in [0, 0.05) is 33.1 Å². The van der Waals surface area contributed by atoms with Crippen molar-refractivity contribution in [2.24, 2.45) is 10.9 Å². The van der Waals surface area contributed by atoms with Crippen molar-refractivity contribution in [3.63, 3.8) is 0 Å². The zero-order valence-electron chi connectivity index (χ0n) is 14.4. The van der Waals surface area contributed by atoms with E-state index in [1.165, 1.54) is 0 Å². The quantitative estimate of drug-likeness (QED) is 0.583. The zero-order valence-corrected chi connectivity index (χ0v) is 14.4. The van der Waals surface area contributed by atoms with Crippen molar-refractivity contribution in [3.8, 4) is 0 Å². The Morgan fingerprint density at radius 1 is 1.52 bits per heavy atom. The van der Waals surface area contributed by atoms with Crippen LogP contribution in [-0.4, -0.2) is 64.8 Å². The van der Waals surface area contributed by atoms with Crippen LogP contribution in [0.4, 0.5) is 0 Å². The van der Waals surface area contributed by atoms with Crippen LogP contribution in [0.25, 0.3) is 0 Å². The molecular formula is C15H27N7O. The van der Waals surface area contributed by atoms with Crippen molar-refractivity contribution in [1.82, 2.24) is 30.3 Å². The van der Waals surface area contributed by atoms with Crippen LogP contribution in [0, 0.1) is 5.92 Å². The summed E-state index contributed by atoms with van der Waals surface area (Å²) in [7, 11) is 3.47.